The van der Waals surface area contributed by atoms with Gasteiger partial charge in [0.2, 0.25) is 0 Å². The van der Waals surface area contributed by atoms with Gasteiger partial charge in [-0.25, -0.2) is 0 Å². The maximum absolute atomic E-state index is 12.9. The Bertz CT molecular complexity index is 1140. The highest BCUT2D eigenvalue weighted by molar-refractivity contribution is 5.71. The Balaban J connectivity index is 4.32. The Morgan fingerprint density at radius 2 is 0.574 bits per heavy atom. The summed E-state index contributed by atoms with van der Waals surface area (Å²) in [7, 11) is 0. The average Bonchev–Trinajstić information content (AvgIpc) is 3.34. The molecule has 0 amide bonds. The molecular weight excluding hydrogens is 841 g/mol. The van der Waals surface area contributed by atoms with E-state index >= 15 is 0 Å². The summed E-state index contributed by atoms with van der Waals surface area (Å²) in [6.45, 7) is 6.56. The SMILES string of the molecule is CC\C=C/C=C\C=C/CCCCCCCCCC(=O)OCC(COC(=O)CCCCCCCCCCCCCCCCCCCCC)OC(=O)CCCCCCCCCCCCCCCCCC. The Kier molecular flexibility index (Phi) is 55.2. The summed E-state index contributed by atoms with van der Waals surface area (Å²) in [5.41, 5.74) is 0. The van der Waals surface area contributed by atoms with Gasteiger partial charge in [0.1, 0.15) is 13.2 Å². The summed E-state index contributed by atoms with van der Waals surface area (Å²) in [4.78, 5) is 38.2. The van der Waals surface area contributed by atoms with Crippen molar-refractivity contribution in [3.63, 3.8) is 0 Å². The summed E-state index contributed by atoms with van der Waals surface area (Å²) in [5, 5.41) is 0. The molecule has 0 bridgehead atoms. The van der Waals surface area contributed by atoms with E-state index in [9.17, 15) is 14.4 Å². The van der Waals surface area contributed by atoms with E-state index in [1.165, 1.54) is 212 Å². The van der Waals surface area contributed by atoms with Crippen molar-refractivity contribution in [2.75, 3.05) is 13.2 Å². The lowest BCUT2D eigenvalue weighted by molar-refractivity contribution is -0.167. The molecule has 398 valence electrons. The summed E-state index contributed by atoms with van der Waals surface area (Å²) in [6, 6.07) is 0. The van der Waals surface area contributed by atoms with E-state index < -0.39 is 6.10 Å². The fraction of sp³-hybridized carbons (Fsp3) is 0.855. The van der Waals surface area contributed by atoms with Crippen molar-refractivity contribution in [1.82, 2.24) is 0 Å². The van der Waals surface area contributed by atoms with E-state index in [0.717, 1.165) is 70.6 Å². The van der Waals surface area contributed by atoms with Crippen LogP contribution < -0.4 is 0 Å². The maximum atomic E-state index is 12.9. The third-order valence-electron chi connectivity index (χ3n) is 13.5. The lowest BCUT2D eigenvalue weighted by Crippen LogP contribution is -2.30. The van der Waals surface area contributed by atoms with Gasteiger partial charge >= 0.3 is 17.9 Å². The van der Waals surface area contributed by atoms with Crippen LogP contribution in [0.2, 0.25) is 0 Å². The lowest BCUT2D eigenvalue weighted by Gasteiger charge is -2.18. The van der Waals surface area contributed by atoms with Gasteiger partial charge in [-0.1, -0.05) is 301 Å². The number of hydrogen-bond acceptors (Lipinski definition) is 6. The van der Waals surface area contributed by atoms with Gasteiger partial charge in [-0.15, -0.1) is 0 Å². The van der Waals surface area contributed by atoms with Crippen molar-refractivity contribution in [2.24, 2.45) is 0 Å². The molecule has 1 atom stereocenters. The molecule has 0 aliphatic carbocycles. The molecular formula is C62H114O6. The molecule has 0 fully saturated rings. The maximum Gasteiger partial charge on any atom is 0.306 e. The normalized spacial score (nSPS) is 12.2. The Morgan fingerprint density at radius 3 is 0.882 bits per heavy atom. The highest BCUT2D eigenvalue weighted by atomic mass is 16.6. The number of esters is 3. The topological polar surface area (TPSA) is 78.9 Å². The molecule has 6 nitrogen and oxygen atoms in total. The summed E-state index contributed by atoms with van der Waals surface area (Å²) in [5.74, 6) is -0.861. The molecule has 0 spiro atoms. The van der Waals surface area contributed by atoms with Gasteiger partial charge in [-0.05, 0) is 38.5 Å². The van der Waals surface area contributed by atoms with Crippen molar-refractivity contribution in [1.29, 1.82) is 0 Å². The van der Waals surface area contributed by atoms with Crippen molar-refractivity contribution >= 4 is 17.9 Å². The number of unbranched alkanes of at least 4 members (excludes halogenated alkanes) is 40. The number of carbonyl (C=O) groups is 3. The lowest BCUT2D eigenvalue weighted by atomic mass is 10.0. The van der Waals surface area contributed by atoms with Crippen LogP contribution in [0.25, 0.3) is 0 Å². The third-order valence-corrected chi connectivity index (χ3v) is 13.5. The first-order valence-electron chi connectivity index (χ1n) is 30.0. The fourth-order valence-electron chi connectivity index (χ4n) is 8.98. The van der Waals surface area contributed by atoms with Crippen LogP contribution in [0.15, 0.2) is 36.5 Å². The summed E-state index contributed by atoms with van der Waals surface area (Å²) >= 11 is 0. The zero-order chi connectivity index (χ0) is 49.3. The molecule has 0 N–H and O–H groups in total. The van der Waals surface area contributed by atoms with Gasteiger partial charge in [-0.2, -0.15) is 0 Å². The van der Waals surface area contributed by atoms with Crippen LogP contribution in [0.1, 0.15) is 323 Å². The molecule has 0 saturated heterocycles. The summed E-state index contributed by atoms with van der Waals surface area (Å²) < 4.78 is 16.9. The first kappa shape index (κ1) is 65.6. The quantitative estimate of drug-likeness (QED) is 0.0262. The molecule has 0 heterocycles. The zero-order valence-corrected chi connectivity index (χ0v) is 45.6. The number of allylic oxidation sites excluding steroid dienone is 6. The van der Waals surface area contributed by atoms with Gasteiger partial charge in [-0.3, -0.25) is 14.4 Å². The van der Waals surface area contributed by atoms with Crippen LogP contribution >= 0.6 is 0 Å². The van der Waals surface area contributed by atoms with Crippen LogP contribution in [0.4, 0.5) is 0 Å². The van der Waals surface area contributed by atoms with Crippen LogP contribution in [-0.4, -0.2) is 37.2 Å². The Labute approximate surface area is 423 Å². The highest BCUT2D eigenvalue weighted by Crippen LogP contribution is 2.18. The van der Waals surface area contributed by atoms with Crippen LogP contribution in [0, 0.1) is 0 Å². The van der Waals surface area contributed by atoms with Crippen molar-refractivity contribution in [2.45, 2.75) is 329 Å². The third kappa shape index (κ3) is 54.6. The standard InChI is InChI=1S/C62H114O6/c1-4-7-10-13-16-19-22-25-28-30-31-32-35-37-40-43-46-49-52-55-61(64)67-58-59(57-66-60(63)54-51-48-45-42-39-36-33-27-24-21-18-15-12-9-6-3)68-62(65)56-53-50-47-44-41-38-34-29-26-23-20-17-14-11-8-5-2/h9,12,15,18,21,24,59H,4-8,10-11,13-14,16-17,19-20,22-23,25-58H2,1-3H3/b12-9-,18-15-,24-21-. The molecule has 0 aromatic rings. The van der Waals surface area contributed by atoms with E-state index in [-0.39, 0.29) is 31.1 Å². The van der Waals surface area contributed by atoms with Crippen LogP contribution in [0.5, 0.6) is 0 Å². The highest BCUT2D eigenvalue weighted by Gasteiger charge is 2.19. The van der Waals surface area contributed by atoms with Crippen molar-refractivity contribution in [3.8, 4) is 0 Å². The predicted octanol–water partition coefficient (Wildman–Crippen LogP) is 20.0. The second-order valence-electron chi connectivity index (χ2n) is 20.3. The number of hydrogen-bond donors (Lipinski definition) is 0. The Morgan fingerprint density at radius 1 is 0.309 bits per heavy atom. The molecule has 0 aliphatic rings. The molecule has 6 heteroatoms. The van der Waals surface area contributed by atoms with Gasteiger partial charge in [0.25, 0.3) is 0 Å². The van der Waals surface area contributed by atoms with E-state index in [4.69, 9.17) is 14.2 Å². The minimum Gasteiger partial charge on any atom is -0.462 e. The molecule has 0 aromatic heterocycles. The number of ether oxygens (including phenoxy) is 3. The van der Waals surface area contributed by atoms with E-state index in [1.807, 2.05) is 0 Å². The fourth-order valence-corrected chi connectivity index (χ4v) is 8.98. The Hall–Kier alpha value is -2.37. The van der Waals surface area contributed by atoms with Crippen LogP contribution in [0.3, 0.4) is 0 Å². The monoisotopic (exact) mass is 955 g/mol. The molecule has 68 heavy (non-hydrogen) atoms. The minimum atomic E-state index is -0.773. The molecule has 0 rings (SSSR count). The predicted molar refractivity (Wildman–Crippen MR) is 293 cm³/mol. The largest absolute Gasteiger partial charge is 0.462 e. The van der Waals surface area contributed by atoms with E-state index in [0.29, 0.717) is 19.3 Å². The zero-order valence-electron chi connectivity index (χ0n) is 45.6. The number of rotatable bonds is 55. The average molecular weight is 956 g/mol. The van der Waals surface area contributed by atoms with Crippen LogP contribution in [-0.2, 0) is 28.6 Å². The first-order chi connectivity index (χ1) is 33.5. The second-order valence-corrected chi connectivity index (χ2v) is 20.3. The van der Waals surface area contributed by atoms with Gasteiger partial charge < -0.3 is 14.2 Å². The first-order valence-corrected chi connectivity index (χ1v) is 30.0. The van der Waals surface area contributed by atoms with E-state index in [1.54, 1.807) is 0 Å². The van der Waals surface area contributed by atoms with Gasteiger partial charge in [0.15, 0.2) is 6.10 Å². The van der Waals surface area contributed by atoms with Gasteiger partial charge in [0.05, 0.1) is 0 Å². The van der Waals surface area contributed by atoms with Crippen molar-refractivity contribution < 1.29 is 28.6 Å². The summed E-state index contributed by atoms with van der Waals surface area (Å²) in [6.07, 6.45) is 68.5. The molecule has 0 radical (unpaired) electrons. The molecule has 0 aromatic carbocycles. The van der Waals surface area contributed by atoms with E-state index in [2.05, 4.69) is 57.2 Å². The molecule has 0 aliphatic heterocycles. The number of carbonyl (C=O) groups excluding carboxylic acids is 3. The second kappa shape index (κ2) is 57.2. The van der Waals surface area contributed by atoms with Crippen molar-refractivity contribution in [3.05, 3.63) is 36.5 Å². The van der Waals surface area contributed by atoms with Gasteiger partial charge in [0, 0.05) is 19.3 Å². The molecule has 0 saturated carbocycles. The molecule has 1 unspecified atom stereocenters. The smallest absolute Gasteiger partial charge is 0.306 e. The minimum absolute atomic E-state index is 0.0707.